The number of carbonyl (C=O) groups excluding carboxylic acids is 1. The van der Waals surface area contributed by atoms with E-state index in [-0.39, 0.29) is 5.78 Å². The van der Waals surface area contributed by atoms with Gasteiger partial charge in [-0.3, -0.25) is 4.79 Å². The maximum absolute atomic E-state index is 12.0. The number of nitrogen functional groups attached to an aromatic ring is 1. The fourth-order valence-electron chi connectivity index (χ4n) is 1.47. The summed E-state index contributed by atoms with van der Waals surface area (Å²) in [4.78, 5) is 16.2. The summed E-state index contributed by atoms with van der Waals surface area (Å²) in [7, 11) is 0. The van der Waals surface area contributed by atoms with Crippen molar-refractivity contribution in [2.45, 2.75) is 13.3 Å². The minimum absolute atomic E-state index is 0.00123. The quantitative estimate of drug-likeness (QED) is 0.686. The van der Waals surface area contributed by atoms with Crippen molar-refractivity contribution in [2.75, 3.05) is 5.73 Å². The van der Waals surface area contributed by atoms with E-state index in [0.717, 1.165) is 10.7 Å². The third-order valence-corrected chi connectivity index (χ3v) is 3.49. The van der Waals surface area contributed by atoms with Crippen molar-refractivity contribution in [1.29, 1.82) is 0 Å². The van der Waals surface area contributed by atoms with E-state index in [1.165, 1.54) is 11.3 Å². The molecule has 5 heteroatoms. The Balaban J connectivity index is 2.17. The Morgan fingerprint density at radius 1 is 1.53 bits per heavy atom. The molecule has 0 bridgehead atoms. The summed E-state index contributed by atoms with van der Waals surface area (Å²) in [5.41, 5.74) is 7.45. The van der Waals surface area contributed by atoms with Crippen LogP contribution in [0.4, 0.5) is 5.69 Å². The number of carbonyl (C=O) groups is 1. The minimum atomic E-state index is -0.00123. The molecule has 1 heterocycles. The van der Waals surface area contributed by atoms with Crippen molar-refractivity contribution in [1.82, 2.24) is 4.98 Å². The average molecular weight is 267 g/mol. The van der Waals surface area contributed by atoms with Crippen LogP contribution < -0.4 is 5.73 Å². The molecule has 0 saturated heterocycles. The molecule has 17 heavy (non-hydrogen) atoms. The summed E-state index contributed by atoms with van der Waals surface area (Å²) in [6, 6.07) is 4.92. The summed E-state index contributed by atoms with van der Waals surface area (Å²) in [5.74, 6) is -0.00123. The zero-order valence-corrected chi connectivity index (χ0v) is 10.8. The molecule has 1 aromatic carbocycles. The van der Waals surface area contributed by atoms with E-state index in [9.17, 15) is 4.79 Å². The highest BCUT2D eigenvalue weighted by molar-refractivity contribution is 7.09. The lowest BCUT2D eigenvalue weighted by molar-refractivity contribution is 0.0992. The van der Waals surface area contributed by atoms with Crippen LogP contribution in [0.25, 0.3) is 0 Å². The third kappa shape index (κ3) is 2.84. The van der Waals surface area contributed by atoms with Gasteiger partial charge in [0.25, 0.3) is 0 Å². The number of benzene rings is 1. The molecule has 0 aliphatic carbocycles. The van der Waals surface area contributed by atoms with E-state index in [2.05, 4.69) is 4.98 Å². The van der Waals surface area contributed by atoms with Crippen LogP contribution in [0.5, 0.6) is 0 Å². The zero-order chi connectivity index (χ0) is 12.4. The lowest BCUT2D eigenvalue weighted by atomic mass is 10.1. The second kappa shape index (κ2) is 4.85. The van der Waals surface area contributed by atoms with Crippen molar-refractivity contribution in [3.63, 3.8) is 0 Å². The number of nitrogens with zero attached hydrogens (tertiary/aromatic N) is 1. The predicted molar refractivity (Wildman–Crippen MR) is 70.7 cm³/mol. The van der Waals surface area contributed by atoms with Gasteiger partial charge in [-0.15, -0.1) is 11.3 Å². The first-order valence-electron chi connectivity index (χ1n) is 5.05. The van der Waals surface area contributed by atoms with Crippen LogP contribution in [-0.4, -0.2) is 10.8 Å². The smallest absolute Gasteiger partial charge is 0.168 e. The number of aromatic nitrogens is 1. The van der Waals surface area contributed by atoms with Crippen LogP contribution >= 0.6 is 22.9 Å². The number of rotatable bonds is 3. The fraction of sp³-hybridized carbons (Fsp3) is 0.167. The normalized spacial score (nSPS) is 10.5. The van der Waals surface area contributed by atoms with Crippen LogP contribution in [0.15, 0.2) is 23.6 Å². The van der Waals surface area contributed by atoms with E-state index in [4.69, 9.17) is 17.3 Å². The summed E-state index contributed by atoms with van der Waals surface area (Å²) in [6.45, 7) is 1.92. The Hall–Kier alpha value is -1.39. The lowest BCUT2D eigenvalue weighted by Crippen LogP contribution is -2.04. The largest absolute Gasteiger partial charge is 0.398 e. The summed E-state index contributed by atoms with van der Waals surface area (Å²) >= 11 is 7.34. The fourth-order valence-corrected chi connectivity index (χ4v) is 2.20. The second-order valence-electron chi connectivity index (χ2n) is 3.69. The van der Waals surface area contributed by atoms with E-state index in [1.807, 2.05) is 12.3 Å². The maximum Gasteiger partial charge on any atom is 0.168 e. The summed E-state index contributed by atoms with van der Waals surface area (Å²) in [5, 5.41) is 3.32. The topological polar surface area (TPSA) is 56.0 Å². The number of hydrogen-bond donors (Lipinski definition) is 1. The Kier molecular flexibility index (Phi) is 3.45. The number of hydrogen-bond acceptors (Lipinski definition) is 4. The molecule has 0 saturated carbocycles. The molecule has 88 valence electrons. The van der Waals surface area contributed by atoms with Gasteiger partial charge in [-0.1, -0.05) is 11.6 Å². The van der Waals surface area contributed by atoms with E-state index < -0.39 is 0 Å². The highest BCUT2D eigenvalue weighted by Gasteiger charge is 2.10. The van der Waals surface area contributed by atoms with E-state index >= 15 is 0 Å². The van der Waals surface area contributed by atoms with Crippen LogP contribution in [0.2, 0.25) is 5.02 Å². The molecule has 2 N–H and O–H groups in total. The van der Waals surface area contributed by atoms with Crippen LogP contribution in [0, 0.1) is 6.92 Å². The molecular formula is C12H11ClN2OS. The lowest BCUT2D eigenvalue weighted by Gasteiger charge is -2.02. The van der Waals surface area contributed by atoms with Crippen molar-refractivity contribution in [2.24, 2.45) is 0 Å². The van der Waals surface area contributed by atoms with Crippen LogP contribution in [-0.2, 0) is 6.42 Å². The van der Waals surface area contributed by atoms with Gasteiger partial charge >= 0.3 is 0 Å². The minimum Gasteiger partial charge on any atom is -0.398 e. The number of aryl methyl sites for hydroxylation is 1. The van der Waals surface area contributed by atoms with E-state index in [0.29, 0.717) is 22.7 Å². The van der Waals surface area contributed by atoms with Gasteiger partial charge in [0.15, 0.2) is 5.78 Å². The number of Topliss-reactive ketones (excluding diaryl/α,β-unsaturated/α-hetero) is 1. The standard InChI is InChI=1S/C12H11ClN2OS/c1-7-15-9(6-17-7)5-12(16)8-2-3-10(13)11(14)4-8/h2-4,6H,5,14H2,1H3. The molecule has 0 fully saturated rings. The number of anilines is 1. The molecule has 0 aliphatic heterocycles. The number of nitrogens with two attached hydrogens (primary N) is 1. The predicted octanol–water partition coefficient (Wildman–Crippen LogP) is 3.11. The number of ketones is 1. The molecule has 0 amide bonds. The first-order valence-corrected chi connectivity index (χ1v) is 6.31. The summed E-state index contributed by atoms with van der Waals surface area (Å²) < 4.78 is 0. The van der Waals surface area contributed by atoms with Gasteiger partial charge in [0.2, 0.25) is 0 Å². The number of halogens is 1. The highest BCUT2D eigenvalue weighted by atomic mass is 35.5. The van der Waals surface area contributed by atoms with Crippen molar-refractivity contribution in [3.05, 3.63) is 44.9 Å². The second-order valence-corrected chi connectivity index (χ2v) is 5.16. The molecule has 3 nitrogen and oxygen atoms in total. The van der Waals surface area contributed by atoms with Crippen molar-refractivity contribution >= 4 is 34.4 Å². The molecule has 0 radical (unpaired) electrons. The van der Waals surface area contributed by atoms with Gasteiger partial charge in [-0.2, -0.15) is 0 Å². The van der Waals surface area contributed by atoms with Gasteiger partial charge in [0, 0.05) is 10.9 Å². The van der Waals surface area contributed by atoms with Gasteiger partial charge in [0.1, 0.15) is 0 Å². The van der Waals surface area contributed by atoms with Crippen molar-refractivity contribution in [3.8, 4) is 0 Å². The molecule has 1 aromatic heterocycles. The SMILES string of the molecule is Cc1nc(CC(=O)c2ccc(Cl)c(N)c2)cs1. The van der Waals surface area contributed by atoms with Crippen LogP contribution in [0.1, 0.15) is 21.1 Å². The first kappa shape index (κ1) is 12.1. The Morgan fingerprint density at radius 2 is 2.29 bits per heavy atom. The Labute approximate surface area is 108 Å². The maximum atomic E-state index is 12.0. The number of thiazole rings is 1. The average Bonchev–Trinajstić information content (AvgIpc) is 2.68. The molecule has 2 aromatic rings. The van der Waals surface area contributed by atoms with Gasteiger partial charge in [-0.05, 0) is 25.1 Å². The van der Waals surface area contributed by atoms with E-state index in [1.54, 1.807) is 18.2 Å². The third-order valence-electron chi connectivity index (χ3n) is 2.33. The first-order chi connectivity index (χ1) is 8.06. The molecule has 0 unspecified atom stereocenters. The molecular weight excluding hydrogens is 256 g/mol. The molecule has 0 atom stereocenters. The summed E-state index contributed by atoms with van der Waals surface area (Å²) in [6.07, 6.45) is 0.297. The van der Waals surface area contributed by atoms with Gasteiger partial charge in [0.05, 0.1) is 27.8 Å². The van der Waals surface area contributed by atoms with Crippen LogP contribution in [0.3, 0.4) is 0 Å². The monoisotopic (exact) mass is 266 g/mol. The van der Waals surface area contributed by atoms with Crippen molar-refractivity contribution < 1.29 is 4.79 Å². The Morgan fingerprint density at radius 3 is 2.88 bits per heavy atom. The highest BCUT2D eigenvalue weighted by Crippen LogP contribution is 2.20. The Bertz CT molecular complexity index is 565. The molecule has 2 rings (SSSR count). The zero-order valence-electron chi connectivity index (χ0n) is 9.24. The molecule has 0 aliphatic rings. The molecule has 0 spiro atoms. The van der Waals surface area contributed by atoms with Gasteiger partial charge in [-0.25, -0.2) is 4.98 Å². The van der Waals surface area contributed by atoms with Gasteiger partial charge < -0.3 is 5.73 Å².